The Balaban J connectivity index is 2.12. The first kappa shape index (κ1) is 15.5. The minimum Gasteiger partial charge on any atom is -0.488 e. The number of benzene rings is 2. The molecular formula is C16H15BrO4. The first-order valence-corrected chi connectivity index (χ1v) is 7.19. The van der Waals surface area contributed by atoms with Crippen molar-refractivity contribution >= 4 is 21.9 Å². The third-order valence-corrected chi connectivity index (χ3v) is 3.51. The molecule has 0 saturated heterocycles. The third-order valence-electron chi connectivity index (χ3n) is 3.02. The Morgan fingerprint density at radius 1 is 1.24 bits per heavy atom. The largest absolute Gasteiger partial charge is 0.488 e. The van der Waals surface area contributed by atoms with Crippen molar-refractivity contribution in [3.05, 3.63) is 63.6 Å². The Labute approximate surface area is 131 Å². The van der Waals surface area contributed by atoms with Gasteiger partial charge in [-0.1, -0.05) is 34.1 Å². The molecule has 0 spiro atoms. The average molecular weight is 351 g/mol. The fourth-order valence-electron chi connectivity index (χ4n) is 1.88. The summed E-state index contributed by atoms with van der Waals surface area (Å²) in [5.41, 5.74) is 1.81. The van der Waals surface area contributed by atoms with E-state index < -0.39 is 12.1 Å². The average Bonchev–Trinajstić information content (AvgIpc) is 2.45. The summed E-state index contributed by atoms with van der Waals surface area (Å²) in [5, 5.41) is 18.6. The third kappa shape index (κ3) is 4.06. The molecule has 5 heteroatoms. The predicted molar refractivity (Wildman–Crippen MR) is 82.5 cm³/mol. The van der Waals surface area contributed by atoms with Gasteiger partial charge in [0, 0.05) is 10.0 Å². The molecule has 21 heavy (non-hydrogen) atoms. The van der Waals surface area contributed by atoms with E-state index in [0.29, 0.717) is 17.9 Å². The molecule has 110 valence electrons. The van der Waals surface area contributed by atoms with Gasteiger partial charge in [0.05, 0.1) is 11.7 Å². The number of hydrogen-bond acceptors (Lipinski definition) is 3. The Kier molecular flexibility index (Phi) is 4.98. The molecular weight excluding hydrogens is 336 g/mol. The quantitative estimate of drug-likeness (QED) is 0.860. The van der Waals surface area contributed by atoms with Gasteiger partial charge in [0.25, 0.3) is 0 Å². The van der Waals surface area contributed by atoms with Gasteiger partial charge in [-0.15, -0.1) is 0 Å². The fraction of sp³-hybridized carbons (Fsp3) is 0.188. The number of carboxylic acids is 1. The standard InChI is InChI=1S/C16H15BrO4/c1-10(18)14-7-6-13(17)8-15(14)21-9-11-2-4-12(5-3-11)16(19)20/h2-8,10,18H,9H2,1H3,(H,19,20). The highest BCUT2D eigenvalue weighted by Gasteiger charge is 2.10. The molecule has 0 aromatic heterocycles. The van der Waals surface area contributed by atoms with Gasteiger partial charge in [0.1, 0.15) is 12.4 Å². The summed E-state index contributed by atoms with van der Waals surface area (Å²) in [5.74, 6) is -0.354. The number of aliphatic hydroxyl groups excluding tert-OH is 1. The maximum Gasteiger partial charge on any atom is 0.335 e. The van der Waals surface area contributed by atoms with Crippen LogP contribution in [0.1, 0.15) is 34.5 Å². The van der Waals surface area contributed by atoms with E-state index in [1.807, 2.05) is 6.07 Å². The zero-order chi connectivity index (χ0) is 15.4. The molecule has 1 atom stereocenters. The highest BCUT2D eigenvalue weighted by atomic mass is 79.9. The number of rotatable bonds is 5. The maximum absolute atomic E-state index is 10.8. The van der Waals surface area contributed by atoms with Crippen LogP contribution >= 0.6 is 15.9 Å². The molecule has 2 N–H and O–H groups in total. The zero-order valence-electron chi connectivity index (χ0n) is 11.4. The monoisotopic (exact) mass is 350 g/mol. The summed E-state index contributed by atoms with van der Waals surface area (Å²) in [6.45, 7) is 1.98. The number of aliphatic hydroxyl groups is 1. The van der Waals surface area contributed by atoms with Crippen LogP contribution in [0.25, 0.3) is 0 Å². The molecule has 2 aromatic carbocycles. The summed E-state index contributed by atoms with van der Waals surface area (Å²) in [7, 11) is 0. The van der Waals surface area contributed by atoms with Gasteiger partial charge in [0.15, 0.2) is 0 Å². The normalized spacial score (nSPS) is 12.0. The number of hydrogen-bond donors (Lipinski definition) is 2. The number of halogens is 1. The SMILES string of the molecule is CC(O)c1ccc(Br)cc1OCc1ccc(C(=O)O)cc1. The lowest BCUT2D eigenvalue weighted by Gasteiger charge is -2.14. The van der Waals surface area contributed by atoms with Crippen LogP contribution in [0.5, 0.6) is 5.75 Å². The number of aromatic carboxylic acids is 1. The van der Waals surface area contributed by atoms with Crippen molar-refractivity contribution in [1.82, 2.24) is 0 Å². The second-order valence-corrected chi connectivity index (χ2v) is 5.56. The van der Waals surface area contributed by atoms with Crippen molar-refractivity contribution < 1.29 is 19.7 Å². The highest BCUT2D eigenvalue weighted by Crippen LogP contribution is 2.29. The van der Waals surface area contributed by atoms with E-state index in [1.54, 1.807) is 31.2 Å². The molecule has 0 saturated carbocycles. The maximum atomic E-state index is 10.8. The topological polar surface area (TPSA) is 66.8 Å². The Morgan fingerprint density at radius 3 is 2.48 bits per heavy atom. The lowest BCUT2D eigenvalue weighted by Crippen LogP contribution is -2.02. The predicted octanol–water partition coefficient (Wildman–Crippen LogP) is 3.78. The molecule has 0 aliphatic carbocycles. The first-order chi connectivity index (χ1) is 9.97. The minimum atomic E-state index is -0.953. The summed E-state index contributed by atoms with van der Waals surface area (Å²) < 4.78 is 6.59. The molecule has 0 aliphatic heterocycles. The van der Waals surface area contributed by atoms with Crippen molar-refractivity contribution in [3.8, 4) is 5.75 Å². The second kappa shape index (κ2) is 6.74. The van der Waals surface area contributed by atoms with Crippen molar-refractivity contribution in [2.45, 2.75) is 19.6 Å². The van der Waals surface area contributed by atoms with Crippen LogP contribution < -0.4 is 4.74 Å². The second-order valence-electron chi connectivity index (χ2n) is 4.65. The summed E-state index contributed by atoms with van der Waals surface area (Å²) in [6.07, 6.45) is -0.623. The van der Waals surface area contributed by atoms with Crippen molar-refractivity contribution in [3.63, 3.8) is 0 Å². The molecule has 2 rings (SSSR count). The minimum absolute atomic E-state index is 0.242. The molecule has 1 unspecified atom stereocenters. The van der Waals surface area contributed by atoms with E-state index in [4.69, 9.17) is 9.84 Å². The zero-order valence-corrected chi connectivity index (χ0v) is 13.0. The molecule has 4 nitrogen and oxygen atoms in total. The van der Waals surface area contributed by atoms with Gasteiger partial charge in [0.2, 0.25) is 0 Å². The molecule has 0 radical (unpaired) electrons. The van der Waals surface area contributed by atoms with Crippen LogP contribution in [0.2, 0.25) is 0 Å². The van der Waals surface area contributed by atoms with Crippen LogP contribution in [0, 0.1) is 0 Å². The summed E-state index contributed by atoms with van der Waals surface area (Å²) >= 11 is 3.37. The summed E-state index contributed by atoms with van der Waals surface area (Å²) in [4.78, 5) is 10.8. The molecule has 0 fully saturated rings. The van der Waals surface area contributed by atoms with Gasteiger partial charge in [-0.25, -0.2) is 4.79 Å². The summed E-state index contributed by atoms with van der Waals surface area (Å²) in [6, 6.07) is 11.9. The molecule has 0 aliphatic rings. The van der Waals surface area contributed by atoms with E-state index in [-0.39, 0.29) is 5.56 Å². The van der Waals surface area contributed by atoms with Crippen molar-refractivity contribution in [2.24, 2.45) is 0 Å². The lowest BCUT2D eigenvalue weighted by molar-refractivity contribution is 0.0697. The van der Waals surface area contributed by atoms with Crippen LogP contribution in [-0.2, 0) is 6.61 Å². The van der Waals surface area contributed by atoms with Gasteiger partial charge in [-0.2, -0.15) is 0 Å². The highest BCUT2D eigenvalue weighted by molar-refractivity contribution is 9.10. The Morgan fingerprint density at radius 2 is 1.90 bits per heavy atom. The van der Waals surface area contributed by atoms with E-state index in [9.17, 15) is 9.90 Å². The lowest BCUT2D eigenvalue weighted by atomic mass is 10.1. The van der Waals surface area contributed by atoms with Crippen LogP contribution in [0.4, 0.5) is 0 Å². The Hall–Kier alpha value is -1.85. The van der Waals surface area contributed by atoms with Crippen LogP contribution in [0.15, 0.2) is 46.9 Å². The molecule has 0 bridgehead atoms. The Bertz CT molecular complexity index is 635. The number of carbonyl (C=O) groups is 1. The fourth-order valence-corrected chi connectivity index (χ4v) is 2.22. The molecule has 2 aromatic rings. The smallest absolute Gasteiger partial charge is 0.335 e. The van der Waals surface area contributed by atoms with Crippen molar-refractivity contribution in [1.29, 1.82) is 0 Å². The molecule has 0 amide bonds. The van der Waals surface area contributed by atoms with E-state index >= 15 is 0 Å². The van der Waals surface area contributed by atoms with E-state index in [1.165, 1.54) is 12.1 Å². The van der Waals surface area contributed by atoms with Crippen LogP contribution in [0.3, 0.4) is 0 Å². The van der Waals surface area contributed by atoms with E-state index in [0.717, 1.165) is 10.0 Å². The van der Waals surface area contributed by atoms with E-state index in [2.05, 4.69) is 15.9 Å². The van der Waals surface area contributed by atoms with Gasteiger partial charge in [-0.05, 0) is 36.8 Å². The van der Waals surface area contributed by atoms with Gasteiger partial charge >= 0.3 is 5.97 Å². The van der Waals surface area contributed by atoms with Gasteiger partial charge in [-0.3, -0.25) is 0 Å². The van der Waals surface area contributed by atoms with Crippen molar-refractivity contribution in [2.75, 3.05) is 0 Å². The first-order valence-electron chi connectivity index (χ1n) is 6.40. The van der Waals surface area contributed by atoms with Gasteiger partial charge < -0.3 is 14.9 Å². The molecule has 0 heterocycles. The number of ether oxygens (including phenoxy) is 1. The van der Waals surface area contributed by atoms with Crippen LogP contribution in [-0.4, -0.2) is 16.2 Å². The number of carboxylic acid groups (broad SMARTS) is 1.